The van der Waals surface area contributed by atoms with Gasteiger partial charge in [0.1, 0.15) is 5.82 Å². The first-order chi connectivity index (χ1) is 7.66. The van der Waals surface area contributed by atoms with E-state index < -0.39 is 6.10 Å². The number of aliphatic hydroxyl groups excluding tert-OH is 1. The third-order valence-corrected chi connectivity index (χ3v) is 3.20. The fourth-order valence-electron chi connectivity index (χ4n) is 1.96. The van der Waals surface area contributed by atoms with Gasteiger partial charge in [0.15, 0.2) is 0 Å². The lowest BCUT2D eigenvalue weighted by Gasteiger charge is -2.17. The normalized spacial score (nSPS) is 22.3. The van der Waals surface area contributed by atoms with Crippen LogP contribution >= 0.6 is 11.6 Å². The summed E-state index contributed by atoms with van der Waals surface area (Å²) in [7, 11) is 0. The molecule has 0 radical (unpaired) electrons. The zero-order chi connectivity index (χ0) is 11.5. The summed E-state index contributed by atoms with van der Waals surface area (Å²) >= 11 is 5.93. The second-order valence-corrected chi connectivity index (χ2v) is 4.47. The van der Waals surface area contributed by atoms with Crippen molar-refractivity contribution in [2.24, 2.45) is 0 Å². The molecule has 1 aromatic rings. The van der Waals surface area contributed by atoms with Gasteiger partial charge in [-0.3, -0.25) is 0 Å². The molecule has 0 spiro atoms. The van der Waals surface area contributed by atoms with Crippen molar-refractivity contribution in [2.45, 2.75) is 31.5 Å². The zero-order valence-corrected chi connectivity index (χ0v) is 9.58. The molecule has 1 aromatic carbocycles. The van der Waals surface area contributed by atoms with E-state index in [-0.39, 0.29) is 11.9 Å². The van der Waals surface area contributed by atoms with Gasteiger partial charge in [-0.2, -0.15) is 0 Å². The lowest BCUT2D eigenvalue weighted by atomic mass is 10.0. The summed E-state index contributed by atoms with van der Waals surface area (Å²) in [5, 5.41) is 10.4. The number of halogens is 2. The van der Waals surface area contributed by atoms with Gasteiger partial charge in [-0.15, -0.1) is 0 Å². The predicted octanol–water partition coefficient (Wildman–Crippen LogP) is 2.56. The Hall–Kier alpha value is -0.640. The lowest BCUT2D eigenvalue weighted by Crippen LogP contribution is -2.27. The molecule has 88 valence electrons. The van der Waals surface area contributed by atoms with Crippen molar-refractivity contribution in [3.8, 4) is 0 Å². The van der Waals surface area contributed by atoms with Crippen LogP contribution in [0.1, 0.15) is 18.4 Å². The van der Waals surface area contributed by atoms with Crippen LogP contribution in [-0.2, 0) is 11.2 Å². The molecule has 4 heteroatoms. The number of rotatable bonds is 3. The topological polar surface area (TPSA) is 29.5 Å². The first-order valence-electron chi connectivity index (χ1n) is 5.40. The molecule has 1 heterocycles. The molecule has 1 N–H and O–H groups in total. The third-order valence-electron chi connectivity index (χ3n) is 2.83. The van der Waals surface area contributed by atoms with Gasteiger partial charge >= 0.3 is 0 Å². The molecule has 0 aliphatic carbocycles. The molecule has 2 nitrogen and oxygen atoms in total. The molecule has 1 saturated heterocycles. The Kier molecular flexibility index (Phi) is 3.79. The number of benzene rings is 1. The van der Waals surface area contributed by atoms with E-state index in [1.54, 1.807) is 0 Å². The van der Waals surface area contributed by atoms with Crippen LogP contribution < -0.4 is 0 Å². The summed E-state index contributed by atoms with van der Waals surface area (Å²) in [6.07, 6.45) is 1.41. The van der Waals surface area contributed by atoms with E-state index in [9.17, 15) is 9.50 Å². The Balaban J connectivity index is 2.04. The van der Waals surface area contributed by atoms with Gasteiger partial charge in [0.25, 0.3) is 0 Å². The minimum absolute atomic E-state index is 0.140. The fourth-order valence-corrected chi connectivity index (χ4v) is 2.16. The van der Waals surface area contributed by atoms with Crippen molar-refractivity contribution in [3.05, 3.63) is 34.6 Å². The van der Waals surface area contributed by atoms with Crippen LogP contribution in [0.3, 0.4) is 0 Å². The van der Waals surface area contributed by atoms with Crippen molar-refractivity contribution in [1.82, 2.24) is 0 Å². The molecule has 0 bridgehead atoms. The zero-order valence-electron chi connectivity index (χ0n) is 8.83. The summed E-state index contributed by atoms with van der Waals surface area (Å²) in [6, 6.07) is 4.18. The molecule has 1 aliphatic heterocycles. The van der Waals surface area contributed by atoms with Gasteiger partial charge in [0, 0.05) is 18.1 Å². The monoisotopic (exact) mass is 244 g/mol. The lowest BCUT2D eigenvalue weighted by molar-refractivity contribution is -0.000787. The predicted molar refractivity (Wildman–Crippen MR) is 60.1 cm³/mol. The molecule has 0 saturated carbocycles. The fraction of sp³-hybridized carbons (Fsp3) is 0.500. The largest absolute Gasteiger partial charge is 0.390 e. The summed E-state index contributed by atoms with van der Waals surface area (Å²) in [6.45, 7) is 0.693. The number of ether oxygens (including phenoxy) is 1. The Morgan fingerprint density at radius 2 is 2.38 bits per heavy atom. The van der Waals surface area contributed by atoms with E-state index in [2.05, 4.69) is 0 Å². The van der Waals surface area contributed by atoms with E-state index in [1.807, 2.05) is 0 Å². The van der Waals surface area contributed by atoms with Gasteiger partial charge in [-0.25, -0.2) is 4.39 Å². The van der Waals surface area contributed by atoms with Crippen molar-refractivity contribution in [2.75, 3.05) is 6.61 Å². The molecule has 0 aromatic heterocycles. The average molecular weight is 245 g/mol. The molecule has 2 atom stereocenters. The van der Waals surface area contributed by atoms with Crippen LogP contribution in [0.25, 0.3) is 0 Å². The van der Waals surface area contributed by atoms with Crippen LogP contribution in [0.2, 0.25) is 5.02 Å². The van der Waals surface area contributed by atoms with E-state index in [0.29, 0.717) is 23.6 Å². The third kappa shape index (κ3) is 2.73. The van der Waals surface area contributed by atoms with E-state index in [1.165, 1.54) is 18.2 Å². The molecular weight excluding hydrogens is 231 g/mol. The number of hydrogen-bond donors (Lipinski definition) is 1. The molecule has 1 aliphatic rings. The van der Waals surface area contributed by atoms with Gasteiger partial charge in [0.2, 0.25) is 0 Å². The first kappa shape index (κ1) is 11.8. The maximum Gasteiger partial charge on any atom is 0.123 e. The van der Waals surface area contributed by atoms with E-state index in [4.69, 9.17) is 16.3 Å². The van der Waals surface area contributed by atoms with Crippen LogP contribution in [-0.4, -0.2) is 23.9 Å². The number of hydrogen-bond acceptors (Lipinski definition) is 2. The minimum atomic E-state index is -0.609. The minimum Gasteiger partial charge on any atom is -0.390 e. The van der Waals surface area contributed by atoms with E-state index >= 15 is 0 Å². The second kappa shape index (κ2) is 5.13. The molecular formula is C12H14ClFO2. The van der Waals surface area contributed by atoms with Crippen LogP contribution in [0, 0.1) is 5.82 Å². The maximum atomic E-state index is 13.0. The average Bonchev–Trinajstić information content (AvgIpc) is 2.76. The molecule has 2 rings (SSSR count). The first-order valence-corrected chi connectivity index (χ1v) is 5.78. The van der Waals surface area contributed by atoms with Crippen LogP contribution in [0.5, 0.6) is 0 Å². The van der Waals surface area contributed by atoms with Crippen molar-refractivity contribution >= 4 is 11.6 Å². The highest BCUT2D eigenvalue weighted by molar-refractivity contribution is 6.31. The molecule has 16 heavy (non-hydrogen) atoms. The van der Waals surface area contributed by atoms with E-state index in [0.717, 1.165) is 12.8 Å². The van der Waals surface area contributed by atoms with Gasteiger partial charge in [-0.1, -0.05) is 11.6 Å². The van der Waals surface area contributed by atoms with Gasteiger partial charge in [-0.05, 0) is 36.6 Å². The highest BCUT2D eigenvalue weighted by Crippen LogP contribution is 2.23. The molecule has 2 unspecified atom stereocenters. The number of aliphatic hydroxyl groups is 1. The second-order valence-electron chi connectivity index (χ2n) is 4.06. The smallest absolute Gasteiger partial charge is 0.123 e. The van der Waals surface area contributed by atoms with Crippen LogP contribution in [0.15, 0.2) is 18.2 Å². The van der Waals surface area contributed by atoms with Crippen molar-refractivity contribution in [3.63, 3.8) is 0 Å². The Morgan fingerprint density at radius 3 is 3.06 bits per heavy atom. The summed E-state index contributed by atoms with van der Waals surface area (Å²) in [5.74, 6) is -0.334. The van der Waals surface area contributed by atoms with Crippen LogP contribution in [0.4, 0.5) is 4.39 Å². The Labute approximate surface area is 99.0 Å². The van der Waals surface area contributed by atoms with Crippen molar-refractivity contribution < 1.29 is 14.2 Å². The van der Waals surface area contributed by atoms with Gasteiger partial charge < -0.3 is 9.84 Å². The molecule has 0 amide bonds. The van der Waals surface area contributed by atoms with Gasteiger partial charge in [0.05, 0.1) is 12.2 Å². The molecule has 1 fully saturated rings. The highest BCUT2D eigenvalue weighted by atomic mass is 35.5. The summed E-state index contributed by atoms with van der Waals surface area (Å²) < 4.78 is 18.4. The standard InChI is InChI=1S/C12H14ClFO2/c13-10-4-3-9(14)6-8(10)7-11(15)12-2-1-5-16-12/h3-4,6,11-12,15H,1-2,5,7H2. The SMILES string of the molecule is OC(Cc1cc(F)ccc1Cl)C1CCCO1. The highest BCUT2D eigenvalue weighted by Gasteiger charge is 2.24. The summed E-state index contributed by atoms with van der Waals surface area (Å²) in [4.78, 5) is 0. The quantitative estimate of drug-likeness (QED) is 0.886. The Bertz CT molecular complexity index is 364. The summed E-state index contributed by atoms with van der Waals surface area (Å²) in [5.41, 5.74) is 0.629. The van der Waals surface area contributed by atoms with Crippen molar-refractivity contribution in [1.29, 1.82) is 0 Å². The maximum absolute atomic E-state index is 13.0. The Morgan fingerprint density at radius 1 is 1.56 bits per heavy atom.